The highest BCUT2D eigenvalue weighted by Gasteiger charge is 2.16. The zero-order chi connectivity index (χ0) is 24.5. The minimum absolute atomic E-state index is 0.852. The first-order valence-electron chi connectivity index (χ1n) is 12.1. The van der Waals surface area contributed by atoms with Crippen molar-refractivity contribution < 1.29 is 0 Å². The minimum Gasteiger partial charge on any atom is -0.390 e. The van der Waals surface area contributed by atoms with E-state index in [1.54, 1.807) is 11.3 Å². The van der Waals surface area contributed by atoms with Crippen LogP contribution in [0.25, 0.3) is 38.1 Å². The van der Waals surface area contributed by atoms with Crippen LogP contribution in [-0.2, 0) is 0 Å². The molecule has 0 bridgehead atoms. The monoisotopic (exact) mass is 482 g/mol. The van der Waals surface area contributed by atoms with E-state index in [-0.39, 0.29) is 0 Å². The van der Waals surface area contributed by atoms with Crippen molar-refractivity contribution in [1.29, 1.82) is 0 Å². The average molecular weight is 483 g/mol. The molecule has 2 nitrogen and oxygen atoms in total. The number of rotatable bonds is 5. The lowest BCUT2D eigenvalue weighted by Gasteiger charge is -2.26. The van der Waals surface area contributed by atoms with Crippen molar-refractivity contribution in [2.45, 2.75) is 6.92 Å². The van der Waals surface area contributed by atoms with Gasteiger partial charge in [0.1, 0.15) is 0 Å². The molecule has 174 valence electrons. The topological polar surface area (TPSA) is 29.3 Å². The van der Waals surface area contributed by atoms with Crippen LogP contribution >= 0.6 is 11.3 Å². The molecule has 0 spiro atoms. The molecule has 0 atom stereocenters. The van der Waals surface area contributed by atoms with Gasteiger partial charge in [-0.3, -0.25) is 0 Å². The van der Waals surface area contributed by atoms with Crippen molar-refractivity contribution in [3.05, 3.63) is 127 Å². The van der Waals surface area contributed by atoms with Crippen molar-refractivity contribution >= 4 is 60.3 Å². The first-order valence-corrected chi connectivity index (χ1v) is 12.9. The second kappa shape index (κ2) is 9.37. The van der Waals surface area contributed by atoms with Crippen LogP contribution in [0.4, 0.5) is 22.1 Å². The van der Waals surface area contributed by atoms with Gasteiger partial charge in [0.15, 0.2) is 0 Å². The van der Waals surface area contributed by atoms with E-state index < -0.39 is 0 Å². The highest BCUT2D eigenvalue weighted by molar-refractivity contribution is 7.23. The Bertz CT molecular complexity index is 1700. The fraction of sp³-hybridized carbons (Fsp3) is 0.0303. The summed E-state index contributed by atoms with van der Waals surface area (Å²) in [5, 5.41) is 4.48. The lowest BCUT2D eigenvalue weighted by atomic mass is 10.0. The molecule has 0 aliphatic rings. The van der Waals surface area contributed by atoms with Gasteiger partial charge < -0.3 is 10.6 Å². The molecule has 0 aliphatic heterocycles. The van der Waals surface area contributed by atoms with E-state index >= 15 is 0 Å². The largest absolute Gasteiger partial charge is 0.390 e. The van der Waals surface area contributed by atoms with Gasteiger partial charge in [0.2, 0.25) is 0 Å². The summed E-state index contributed by atoms with van der Waals surface area (Å²) in [7, 11) is 0. The summed E-state index contributed by atoms with van der Waals surface area (Å²) in [6.07, 6.45) is 4.15. The van der Waals surface area contributed by atoms with E-state index in [4.69, 9.17) is 5.73 Å². The Balaban J connectivity index is 1.52. The Hall–Kier alpha value is -4.34. The van der Waals surface area contributed by atoms with E-state index in [0.717, 1.165) is 27.6 Å². The van der Waals surface area contributed by atoms with Gasteiger partial charge in [0.05, 0.1) is 5.00 Å². The summed E-state index contributed by atoms with van der Waals surface area (Å²) in [6.45, 7) is 2.03. The Morgan fingerprint density at radius 3 is 2.06 bits per heavy atom. The van der Waals surface area contributed by atoms with Crippen LogP contribution in [0.5, 0.6) is 0 Å². The van der Waals surface area contributed by atoms with Crippen LogP contribution in [0.15, 0.2) is 121 Å². The normalized spacial score (nSPS) is 11.5. The number of allylic oxidation sites excluding steroid dienone is 1. The molecule has 5 aromatic carbocycles. The van der Waals surface area contributed by atoms with Gasteiger partial charge in [0, 0.05) is 32.7 Å². The maximum atomic E-state index is 6.38. The Labute approximate surface area is 215 Å². The fourth-order valence-corrected chi connectivity index (χ4v) is 5.74. The van der Waals surface area contributed by atoms with Gasteiger partial charge in [-0.25, -0.2) is 0 Å². The summed E-state index contributed by atoms with van der Waals surface area (Å²) < 4.78 is 1.20. The third-order valence-corrected chi connectivity index (χ3v) is 7.57. The molecule has 0 unspecified atom stereocenters. The second-order valence-corrected chi connectivity index (χ2v) is 9.92. The van der Waals surface area contributed by atoms with E-state index in [1.165, 1.54) is 32.0 Å². The molecule has 6 rings (SSSR count). The highest BCUT2D eigenvalue weighted by Crippen LogP contribution is 2.41. The molecular formula is C33H26N2S. The van der Waals surface area contributed by atoms with Gasteiger partial charge >= 0.3 is 0 Å². The van der Waals surface area contributed by atoms with Crippen LogP contribution in [0.1, 0.15) is 12.5 Å². The number of benzene rings is 5. The van der Waals surface area contributed by atoms with E-state index in [1.807, 2.05) is 13.0 Å². The van der Waals surface area contributed by atoms with Crippen molar-refractivity contribution in [2.24, 2.45) is 0 Å². The zero-order valence-corrected chi connectivity index (χ0v) is 20.9. The third-order valence-electron chi connectivity index (χ3n) is 6.55. The molecule has 0 saturated carbocycles. The summed E-state index contributed by atoms with van der Waals surface area (Å²) in [5.41, 5.74) is 13.2. The number of nitrogens with zero attached hydrogens (tertiary/aromatic N) is 1. The van der Waals surface area contributed by atoms with E-state index in [2.05, 4.69) is 126 Å². The molecule has 0 aliphatic carbocycles. The predicted octanol–water partition coefficient (Wildman–Crippen LogP) is 9.81. The molecule has 0 fully saturated rings. The summed E-state index contributed by atoms with van der Waals surface area (Å²) in [5.74, 6) is 0. The number of nitrogens with two attached hydrogens (primary N) is 1. The molecule has 1 aromatic heterocycles. The van der Waals surface area contributed by atoms with Crippen LogP contribution in [-0.4, -0.2) is 0 Å². The van der Waals surface area contributed by atoms with Gasteiger partial charge in [-0.15, -0.1) is 11.3 Å². The first-order chi connectivity index (χ1) is 17.7. The number of anilines is 4. The molecule has 0 saturated heterocycles. The number of fused-ring (bicyclic) bond motifs is 2. The molecule has 3 heteroatoms. The van der Waals surface area contributed by atoms with Crippen LogP contribution < -0.4 is 10.6 Å². The van der Waals surface area contributed by atoms with Crippen LogP contribution in [0, 0.1) is 0 Å². The number of hydrogen-bond acceptors (Lipinski definition) is 3. The quantitative estimate of drug-likeness (QED) is 0.265. The first kappa shape index (κ1) is 22.1. The Morgan fingerprint density at radius 2 is 1.28 bits per heavy atom. The smallest absolute Gasteiger partial charge is 0.0942 e. The molecule has 1 heterocycles. The molecular weight excluding hydrogens is 456 g/mol. The third kappa shape index (κ3) is 4.04. The molecule has 0 radical (unpaired) electrons. The SMILES string of the molecule is C/C=C\c1c(N)sc2ccc(N(c3ccc(-c4ccccc4)cc3)c3ccc4ccccc4c3)cc12. The van der Waals surface area contributed by atoms with Crippen molar-refractivity contribution in [3.8, 4) is 11.1 Å². The van der Waals surface area contributed by atoms with Crippen LogP contribution in [0.3, 0.4) is 0 Å². The lowest BCUT2D eigenvalue weighted by Crippen LogP contribution is -2.09. The van der Waals surface area contributed by atoms with Crippen molar-refractivity contribution in [3.63, 3.8) is 0 Å². The molecule has 6 aromatic rings. The standard InChI is InChI=1S/C33H26N2S/c1-2-8-30-31-22-29(19-20-32(31)36-33(30)34)35(28-18-15-24-11-6-7-12-26(24)21-28)27-16-13-25(14-17-27)23-9-4-3-5-10-23/h2-22H,34H2,1H3/b8-2-. The Morgan fingerprint density at radius 1 is 0.639 bits per heavy atom. The predicted molar refractivity (Wildman–Crippen MR) is 159 cm³/mol. The second-order valence-electron chi connectivity index (χ2n) is 8.84. The fourth-order valence-electron chi connectivity index (χ4n) is 4.80. The number of hydrogen-bond donors (Lipinski definition) is 1. The van der Waals surface area contributed by atoms with Gasteiger partial charge in [0.25, 0.3) is 0 Å². The van der Waals surface area contributed by atoms with Crippen LogP contribution in [0.2, 0.25) is 0 Å². The molecule has 36 heavy (non-hydrogen) atoms. The average Bonchev–Trinajstić information content (AvgIpc) is 3.24. The highest BCUT2D eigenvalue weighted by atomic mass is 32.1. The van der Waals surface area contributed by atoms with Crippen molar-refractivity contribution in [1.82, 2.24) is 0 Å². The van der Waals surface area contributed by atoms with E-state index in [0.29, 0.717) is 0 Å². The van der Waals surface area contributed by atoms with E-state index in [9.17, 15) is 0 Å². The summed E-state index contributed by atoms with van der Waals surface area (Å²) >= 11 is 1.64. The summed E-state index contributed by atoms with van der Waals surface area (Å²) in [6, 6.07) is 41.1. The zero-order valence-electron chi connectivity index (χ0n) is 20.1. The Kier molecular flexibility index (Phi) is 5.76. The molecule has 2 N–H and O–H groups in total. The molecule has 0 amide bonds. The maximum absolute atomic E-state index is 6.38. The number of thiophene rings is 1. The lowest BCUT2D eigenvalue weighted by molar-refractivity contribution is 1.29. The van der Waals surface area contributed by atoms with Gasteiger partial charge in [-0.2, -0.15) is 0 Å². The summed E-state index contributed by atoms with van der Waals surface area (Å²) in [4.78, 5) is 2.33. The number of nitrogen functional groups attached to an aromatic ring is 1. The van der Waals surface area contributed by atoms with Crippen molar-refractivity contribution in [2.75, 3.05) is 10.6 Å². The van der Waals surface area contributed by atoms with Gasteiger partial charge in [-0.05, 0) is 71.3 Å². The maximum Gasteiger partial charge on any atom is 0.0942 e. The minimum atomic E-state index is 0.852. The van der Waals surface area contributed by atoms with Gasteiger partial charge in [-0.1, -0.05) is 84.9 Å².